The molecule has 78 valence electrons. The van der Waals surface area contributed by atoms with Gasteiger partial charge in [0.1, 0.15) is 0 Å². The highest BCUT2D eigenvalue weighted by Crippen LogP contribution is 2.19. The molecule has 0 bridgehead atoms. The van der Waals surface area contributed by atoms with E-state index in [4.69, 9.17) is 10.5 Å². The Kier molecular flexibility index (Phi) is 5.40. The van der Waals surface area contributed by atoms with Crippen LogP contribution in [0.5, 0.6) is 0 Å². The minimum atomic E-state index is 0.574. The van der Waals surface area contributed by atoms with E-state index < -0.39 is 0 Å². The fourth-order valence-electron chi connectivity index (χ4n) is 1.99. The molecule has 2 nitrogen and oxygen atoms in total. The first-order valence-electron chi connectivity index (χ1n) is 5.64. The molecule has 0 aliphatic carbocycles. The molecule has 2 N–H and O–H groups in total. The van der Waals surface area contributed by atoms with Crippen molar-refractivity contribution in [3.8, 4) is 0 Å². The van der Waals surface area contributed by atoms with Crippen LogP contribution in [0.25, 0.3) is 0 Å². The Labute approximate surface area is 81.8 Å². The van der Waals surface area contributed by atoms with Gasteiger partial charge in [0.05, 0.1) is 6.10 Å². The van der Waals surface area contributed by atoms with Crippen molar-refractivity contribution in [2.45, 2.75) is 51.6 Å². The van der Waals surface area contributed by atoms with Crippen molar-refractivity contribution in [1.29, 1.82) is 0 Å². The third-order valence-electron chi connectivity index (χ3n) is 2.91. The summed E-state index contributed by atoms with van der Waals surface area (Å²) >= 11 is 0. The first-order valence-corrected chi connectivity index (χ1v) is 5.64. The summed E-state index contributed by atoms with van der Waals surface area (Å²) in [6.07, 6.45) is 8.18. The second kappa shape index (κ2) is 6.39. The molecular formula is C11H23NO. The fraction of sp³-hybridized carbons (Fsp3) is 1.00. The van der Waals surface area contributed by atoms with Crippen LogP contribution in [0.3, 0.4) is 0 Å². The summed E-state index contributed by atoms with van der Waals surface area (Å²) < 4.78 is 5.57. The lowest BCUT2D eigenvalue weighted by Crippen LogP contribution is -2.08. The quantitative estimate of drug-likeness (QED) is 0.689. The van der Waals surface area contributed by atoms with Crippen molar-refractivity contribution >= 4 is 0 Å². The van der Waals surface area contributed by atoms with Gasteiger partial charge in [-0.15, -0.1) is 0 Å². The van der Waals surface area contributed by atoms with Crippen molar-refractivity contribution in [2.75, 3.05) is 13.2 Å². The summed E-state index contributed by atoms with van der Waals surface area (Å²) in [5.74, 6) is 0.798. The average molecular weight is 185 g/mol. The summed E-state index contributed by atoms with van der Waals surface area (Å²) in [4.78, 5) is 0. The Bertz CT molecular complexity index is 121. The molecular weight excluding hydrogens is 162 g/mol. The Morgan fingerprint density at radius 3 is 2.92 bits per heavy atom. The number of hydrogen-bond donors (Lipinski definition) is 1. The molecule has 2 unspecified atom stereocenters. The summed E-state index contributed by atoms with van der Waals surface area (Å²) in [5, 5.41) is 0. The molecule has 0 saturated carbocycles. The lowest BCUT2D eigenvalue weighted by Gasteiger charge is -2.12. The zero-order valence-corrected chi connectivity index (χ0v) is 8.80. The molecule has 1 aliphatic heterocycles. The highest BCUT2D eigenvalue weighted by molar-refractivity contribution is 4.65. The minimum Gasteiger partial charge on any atom is -0.378 e. The minimum absolute atomic E-state index is 0.574. The highest BCUT2D eigenvalue weighted by Gasteiger charge is 2.14. The molecule has 13 heavy (non-hydrogen) atoms. The van der Waals surface area contributed by atoms with E-state index in [1.54, 1.807) is 0 Å². The third kappa shape index (κ3) is 4.63. The van der Waals surface area contributed by atoms with Crippen molar-refractivity contribution in [2.24, 2.45) is 11.7 Å². The zero-order valence-electron chi connectivity index (χ0n) is 8.80. The lowest BCUT2D eigenvalue weighted by molar-refractivity contribution is 0.101. The van der Waals surface area contributed by atoms with Gasteiger partial charge in [-0.2, -0.15) is 0 Å². The molecule has 0 aromatic heterocycles. The van der Waals surface area contributed by atoms with Crippen LogP contribution < -0.4 is 5.73 Å². The van der Waals surface area contributed by atoms with Crippen LogP contribution in [0.15, 0.2) is 0 Å². The fourth-order valence-corrected chi connectivity index (χ4v) is 1.99. The van der Waals surface area contributed by atoms with E-state index in [0.29, 0.717) is 6.10 Å². The first kappa shape index (κ1) is 11.0. The molecule has 1 aliphatic rings. The Morgan fingerprint density at radius 2 is 2.31 bits per heavy atom. The highest BCUT2D eigenvalue weighted by atomic mass is 16.5. The maximum Gasteiger partial charge on any atom is 0.0576 e. The number of hydrogen-bond acceptors (Lipinski definition) is 2. The second-order valence-electron chi connectivity index (χ2n) is 4.25. The average Bonchev–Trinajstić information content (AvgIpc) is 2.57. The van der Waals surface area contributed by atoms with Crippen molar-refractivity contribution in [1.82, 2.24) is 0 Å². The van der Waals surface area contributed by atoms with Crippen LogP contribution in [0.4, 0.5) is 0 Å². The van der Waals surface area contributed by atoms with E-state index in [2.05, 4.69) is 6.92 Å². The predicted octanol–water partition coefficient (Wildman–Crippen LogP) is 2.32. The van der Waals surface area contributed by atoms with Crippen molar-refractivity contribution < 1.29 is 4.74 Å². The van der Waals surface area contributed by atoms with Crippen LogP contribution in [0, 0.1) is 5.92 Å². The number of rotatable bonds is 6. The number of ether oxygens (including phenoxy) is 1. The van der Waals surface area contributed by atoms with Gasteiger partial charge < -0.3 is 10.5 Å². The van der Waals surface area contributed by atoms with Crippen LogP contribution in [0.2, 0.25) is 0 Å². The predicted molar refractivity (Wildman–Crippen MR) is 55.7 cm³/mol. The van der Waals surface area contributed by atoms with E-state index in [1.807, 2.05) is 0 Å². The topological polar surface area (TPSA) is 35.2 Å². The van der Waals surface area contributed by atoms with Gasteiger partial charge in [-0.05, 0) is 38.1 Å². The molecule has 1 fully saturated rings. The maximum atomic E-state index is 5.57. The SMILES string of the molecule is CC(CCN)CCCC1CCCO1. The second-order valence-corrected chi connectivity index (χ2v) is 4.25. The number of nitrogens with two attached hydrogens (primary N) is 1. The molecule has 1 rings (SSSR count). The molecule has 2 heteroatoms. The lowest BCUT2D eigenvalue weighted by atomic mass is 9.99. The van der Waals surface area contributed by atoms with Gasteiger partial charge in [0.15, 0.2) is 0 Å². The summed E-state index contributed by atoms with van der Waals surface area (Å²) in [7, 11) is 0. The molecule has 1 heterocycles. The van der Waals surface area contributed by atoms with Crippen molar-refractivity contribution in [3.63, 3.8) is 0 Å². The van der Waals surface area contributed by atoms with E-state index in [9.17, 15) is 0 Å². The molecule has 0 spiro atoms. The normalized spacial score (nSPS) is 24.9. The maximum absolute atomic E-state index is 5.57. The van der Waals surface area contributed by atoms with Gasteiger partial charge in [0.25, 0.3) is 0 Å². The van der Waals surface area contributed by atoms with Gasteiger partial charge in [-0.3, -0.25) is 0 Å². The van der Waals surface area contributed by atoms with Gasteiger partial charge in [-0.1, -0.05) is 19.8 Å². The van der Waals surface area contributed by atoms with E-state index in [0.717, 1.165) is 19.1 Å². The van der Waals surface area contributed by atoms with E-state index in [1.165, 1.54) is 38.5 Å². The third-order valence-corrected chi connectivity index (χ3v) is 2.91. The molecule has 0 aromatic carbocycles. The Balaban J connectivity index is 1.93. The molecule has 0 amide bonds. The standard InChI is InChI=1S/C11H23NO/c1-10(7-8-12)4-2-5-11-6-3-9-13-11/h10-11H,2-9,12H2,1H3. The monoisotopic (exact) mass is 185 g/mol. The molecule has 2 atom stereocenters. The van der Waals surface area contributed by atoms with Gasteiger partial charge >= 0.3 is 0 Å². The largest absolute Gasteiger partial charge is 0.378 e. The molecule has 0 aromatic rings. The first-order chi connectivity index (χ1) is 6.33. The summed E-state index contributed by atoms with van der Waals surface area (Å²) in [5.41, 5.74) is 5.50. The smallest absolute Gasteiger partial charge is 0.0576 e. The van der Waals surface area contributed by atoms with Crippen LogP contribution in [0.1, 0.15) is 45.4 Å². The molecule has 0 radical (unpaired) electrons. The van der Waals surface area contributed by atoms with Crippen molar-refractivity contribution in [3.05, 3.63) is 0 Å². The van der Waals surface area contributed by atoms with Gasteiger partial charge in [0, 0.05) is 6.61 Å². The molecule has 1 saturated heterocycles. The van der Waals surface area contributed by atoms with Crippen LogP contribution in [-0.4, -0.2) is 19.3 Å². The van der Waals surface area contributed by atoms with Gasteiger partial charge in [-0.25, -0.2) is 0 Å². The van der Waals surface area contributed by atoms with Crippen LogP contribution >= 0.6 is 0 Å². The summed E-state index contributed by atoms with van der Waals surface area (Å²) in [6, 6.07) is 0. The summed E-state index contributed by atoms with van der Waals surface area (Å²) in [6.45, 7) is 4.12. The van der Waals surface area contributed by atoms with E-state index in [-0.39, 0.29) is 0 Å². The van der Waals surface area contributed by atoms with E-state index >= 15 is 0 Å². The van der Waals surface area contributed by atoms with Gasteiger partial charge in [0.2, 0.25) is 0 Å². The zero-order chi connectivity index (χ0) is 9.52. The Morgan fingerprint density at radius 1 is 1.46 bits per heavy atom. The Hall–Kier alpha value is -0.0800. The van der Waals surface area contributed by atoms with Crippen LogP contribution in [-0.2, 0) is 4.74 Å².